The maximum Gasteiger partial charge on any atom is 0.234 e. The number of likely N-dealkylation sites (tertiary alicyclic amines) is 1. The molecule has 4 rings (SSSR count). The van der Waals surface area contributed by atoms with Gasteiger partial charge in [0.25, 0.3) is 0 Å². The number of halogens is 1. The Morgan fingerprint density at radius 2 is 1.65 bits per heavy atom. The molecule has 1 N–H and O–H groups in total. The predicted octanol–water partition coefficient (Wildman–Crippen LogP) is 4.24. The van der Waals surface area contributed by atoms with E-state index in [1.165, 1.54) is 4.90 Å². The van der Waals surface area contributed by atoms with Gasteiger partial charge < -0.3 is 5.32 Å². The molecule has 2 amide bonds. The Balaban J connectivity index is 1.52. The zero-order chi connectivity index (χ0) is 18.1. The van der Waals surface area contributed by atoms with Gasteiger partial charge in [-0.15, -0.1) is 0 Å². The van der Waals surface area contributed by atoms with Gasteiger partial charge in [0.2, 0.25) is 11.8 Å². The van der Waals surface area contributed by atoms with E-state index in [1.54, 1.807) is 0 Å². The molecule has 1 fully saturated rings. The summed E-state index contributed by atoms with van der Waals surface area (Å²) in [6, 6.07) is 17.9. The number of imide groups is 1. The van der Waals surface area contributed by atoms with Crippen molar-refractivity contribution in [1.82, 2.24) is 4.90 Å². The quantitative estimate of drug-likeness (QED) is 0.823. The molecule has 1 heterocycles. The van der Waals surface area contributed by atoms with Crippen LogP contribution in [0, 0.1) is 11.8 Å². The molecule has 1 aliphatic heterocycles. The maximum absolute atomic E-state index is 12.7. The Morgan fingerprint density at radius 3 is 2.46 bits per heavy atom. The summed E-state index contributed by atoms with van der Waals surface area (Å²) in [4.78, 5) is 26.6. The molecule has 0 unspecified atom stereocenters. The zero-order valence-electron chi connectivity index (χ0n) is 14.2. The van der Waals surface area contributed by atoms with Crippen LogP contribution < -0.4 is 5.32 Å². The van der Waals surface area contributed by atoms with E-state index in [2.05, 4.69) is 5.32 Å². The Labute approximate surface area is 157 Å². The lowest BCUT2D eigenvalue weighted by molar-refractivity contribution is -0.139. The molecule has 1 saturated heterocycles. The van der Waals surface area contributed by atoms with E-state index in [4.69, 9.17) is 11.6 Å². The zero-order valence-corrected chi connectivity index (χ0v) is 14.9. The summed E-state index contributed by atoms with van der Waals surface area (Å²) in [6.45, 7) is 0.173. The van der Waals surface area contributed by atoms with Crippen LogP contribution in [0.2, 0.25) is 0 Å². The van der Waals surface area contributed by atoms with Crippen molar-refractivity contribution < 1.29 is 9.59 Å². The van der Waals surface area contributed by atoms with Crippen LogP contribution in [0.3, 0.4) is 0 Å². The Morgan fingerprint density at radius 1 is 0.962 bits per heavy atom. The van der Waals surface area contributed by atoms with Gasteiger partial charge in [-0.05, 0) is 24.5 Å². The fraction of sp³-hybridized carbons (Fsp3) is 0.238. The second kappa shape index (κ2) is 6.96. The van der Waals surface area contributed by atoms with Crippen molar-refractivity contribution in [2.75, 3.05) is 12.0 Å². The van der Waals surface area contributed by atoms with Gasteiger partial charge in [-0.3, -0.25) is 14.5 Å². The molecule has 0 saturated carbocycles. The average molecular weight is 367 g/mol. The van der Waals surface area contributed by atoms with Crippen LogP contribution in [0.15, 0.2) is 65.7 Å². The highest BCUT2D eigenvalue weighted by Crippen LogP contribution is 2.39. The summed E-state index contributed by atoms with van der Waals surface area (Å²) in [5, 5.41) is 3.95. The van der Waals surface area contributed by atoms with E-state index < -0.39 is 0 Å². The number of fused-ring (bicyclic) bond motifs is 1. The molecule has 2 aromatic rings. The minimum Gasteiger partial charge on any atom is -0.367 e. The number of nitrogens with zero attached hydrogens (tertiary/aromatic N) is 1. The number of benzene rings is 2. The third-order valence-electron chi connectivity index (χ3n) is 5.10. The molecule has 0 spiro atoms. The molecule has 1 aliphatic carbocycles. The number of para-hydroxylation sites is 1. The molecule has 2 atom stereocenters. The molecular weight excluding hydrogens is 348 g/mol. The Bertz CT molecular complexity index is 879. The van der Waals surface area contributed by atoms with Crippen LogP contribution in [0.4, 0.5) is 5.69 Å². The molecule has 0 aromatic heterocycles. The fourth-order valence-corrected chi connectivity index (χ4v) is 3.98. The van der Waals surface area contributed by atoms with Gasteiger partial charge in [-0.1, -0.05) is 66.2 Å². The van der Waals surface area contributed by atoms with Crippen LogP contribution in [0.5, 0.6) is 0 Å². The van der Waals surface area contributed by atoms with Crippen molar-refractivity contribution in [3.63, 3.8) is 0 Å². The van der Waals surface area contributed by atoms with Crippen molar-refractivity contribution in [2.24, 2.45) is 11.8 Å². The second-order valence-corrected chi connectivity index (χ2v) is 7.14. The lowest BCUT2D eigenvalue weighted by Gasteiger charge is -2.18. The Hall–Kier alpha value is -2.59. The van der Waals surface area contributed by atoms with Crippen molar-refractivity contribution in [2.45, 2.75) is 12.8 Å². The molecule has 2 aliphatic rings. The summed E-state index contributed by atoms with van der Waals surface area (Å²) in [5.74, 6) is -0.816. The lowest BCUT2D eigenvalue weighted by atomic mass is 9.85. The second-order valence-electron chi connectivity index (χ2n) is 6.65. The van der Waals surface area contributed by atoms with Gasteiger partial charge in [0.15, 0.2) is 0 Å². The lowest BCUT2D eigenvalue weighted by Crippen LogP contribution is -2.35. The normalized spacial score (nSPS) is 22.2. The Kier molecular flexibility index (Phi) is 4.51. The highest BCUT2D eigenvalue weighted by atomic mass is 35.5. The first-order valence-corrected chi connectivity index (χ1v) is 9.11. The third-order valence-corrected chi connectivity index (χ3v) is 5.41. The van der Waals surface area contributed by atoms with Crippen LogP contribution in [0.1, 0.15) is 12.8 Å². The minimum atomic E-state index is -0.314. The first kappa shape index (κ1) is 16.9. The van der Waals surface area contributed by atoms with Gasteiger partial charge in [-0.2, -0.15) is 0 Å². The number of carbonyl (C=O) groups excluding carboxylic acids is 2. The molecule has 2 aromatic carbocycles. The number of hydrogen-bond acceptors (Lipinski definition) is 3. The van der Waals surface area contributed by atoms with Crippen molar-refractivity contribution in [1.29, 1.82) is 0 Å². The van der Waals surface area contributed by atoms with Crippen LogP contribution in [-0.2, 0) is 9.59 Å². The van der Waals surface area contributed by atoms with Crippen molar-refractivity contribution in [3.05, 3.63) is 65.7 Å². The maximum atomic E-state index is 12.7. The number of anilines is 1. The molecule has 4 nitrogen and oxygen atoms in total. The topological polar surface area (TPSA) is 49.4 Å². The number of allylic oxidation sites excluding steroid dienone is 2. The highest BCUT2D eigenvalue weighted by Gasteiger charge is 2.48. The van der Waals surface area contributed by atoms with Gasteiger partial charge >= 0.3 is 0 Å². The molecule has 132 valence electrons. The van der Waals surface area contributed by atoms with Crippen LogP contribution >= 0.6 is 11.6 Å². The van der Waals surface area contributed by atoms with Crippen LogP contribution in [0.25, 0.3) is 11.1 Å². The molecule has 26 heavy (non-hydrogen) atoms. The standard InChI is InChI=1S/C21H19ClN2O2/c22-15-10-11-17-18(12-15)21(26)24(20(17)25)13-23-19-9-5-4-8-16(19)14-6-2-1-3-7-14/h1-10,17-18,23H,11-13H2/t17-,18-/m0/s1. The first-order chi connectivity index (χ1) is 12.6. The van der Waals surface area contributed by atoms with E-state index in [0.29, 0.717) is 17.9 Å². The number of carbonyl (C=O) groups is 2. The van der Waals surface area contributed by atoms with Crippen molar-refractivity contribution in [3.8, 4) is 11.1 Å². The third kappa shape index (κ3) is 3.01. The average Bonchev–Trinajstić information content (AvgIpc) is 2.91. The smallest absolute Gasteiger partial charge is 0.234 e. The summed E-state index contributed by atoms with van der Waals surface area (Å²) >= 11 is 6.07. The van der Waals surface area contributed by atoms with E-state index in [9.17, 15) is 9.59 Å². The van der Waals surface area contributed by atoms with Gasteiger partial charge in [0.05, 0.1) is 18.5 Å². The molecule has 5 heteroatoms. The van der Waals surface area contributed by atoms with Gasteiger partial charge in [0.1, 0.15) is 0 Å². The SMILES string of the molecule is O=C1[C@H]2CC=C(Cl)C[C@@H]2C(=O)N1CNc1ccccc1-c1ccccc1. The molecule has 0 radical (unpaired) electrons. The van der Waals surface area contributed by atoms with Crippen molar-refractivity contribution >= 4 is 29.1 Å². The van der Waals surface area contributed by atoms with Crippen LogP contribution in [-0.4, -0.2) is 23.4 Å². The van der Waals surface area contributed by atoms with E-state index in [-0.39, 0.29) is 30.3 Å². The molecule has 0 bridgehead atoms. The highest BCUT2D eigenvalue weighted by molar-refractivity contribution is 6.30. The minimum absolute atomic E-state index is 0.106. The predicted molar refractivity (Wildman–Crippen MR) is 102 cm³/mol. The summed E-state index contributed by atoms with van der Waals surface area (Å²) in [7, 11) is 0. The summed E-state index contributed by atoms with van der Waals surface area (Å²) in [5.41, 5.74) is 3.01. The number of rotatable bonds is 4. The fourth-order valence-electron chi connectivity index (χ4n) is 3.72. The largest absolute Gasteiger partial charge is 0.367 e. The number of hydrogen-bond donors (Lipinski definition) is 1. The monoisotopic (exact) mass is 366 g/mol. The summed E-state index contributed by atoms with van der Waals surface area (Å²) < 4.78 is 0. The number of amides is 2. The van der Waals surface area contributed by atoms with E-state index >= 15 is 0 Å². The van der Waals surface area contributed by atoms with Gasteiger partial charge in [0, 0.05) is 16.3 Å². The molecular formula is C21H19ClN2O2. The van der Waals surface area contributed by atoms with Gasteiger partial charge in [-0.25, -0.2) is 0 Å². The van der Waals surface area contributed by atoms with E-state index in [0.717, 1.165) is 16.8 Å². The summed E-state index contributed by atoms with van der Waals surface area (Å²) in [6.07, 6.45) is 2.87. The number of nitrogens with one attached hydrogen (secondary N) is 1. The first-order valence-electron chi connectivity index (χ1n) is 8.73. The van der Waals surface area contributed by atoms with E-state index in [1.807, 2.05) is 60.7 Å².